The lowest BCUT2D eigenvalue weighted by molar-refractivity contribution is 0.0847. The fourth-order valence-electron chi connectivity index (χ4n) is 3.59. The molecule has 2 amide bonds. The van der Waals surface area contributed by atoms with Crippen LogP contribution in [-0.2, 0) is 22.7 Å². The lowest BCUT2D eigenvalue weighted by atomic mass is 9.72. The first-order valence-corrected chi connectivity index (χ1v) is 12.2. The summed E-state index contributed by atoms with van der Waals surface area (Å²) in [5.41, 5.74) is 6.16. The standard InChI is InChI=1S/C21H26N2O4S2/c1-21(2,3)14-9-10-16-13(11-14)12-17(28-16)20(25)23-22-19(24)15-7-5-6-8-18(15)29(4,26)27/h5-8,12,14H,9-11H2,1-4H3,(H,22,24)(H,23,25). The van der Waals surface area contributed by atoms with Crippen molar-refractivity contribution in [3.63, 3.8) is 0 Å². The second kappa shape index (κ2) is 7.91. The molecule has 0 radical (unpaired) electrons. The number of rotatable bonds is 3. The summed E-state index contributed by atoms with van der Waals surface area (Å²) in [6.07, 6.45) is 4.07. The van der Waals surface area contributed by atoms with Gasteiger partial charge < -0.3 is 0 Å². The average molecular weight is 435 g/mol. The molecule has 1 unspecified atom stereocenters. The molecule has 0 fully saturated rings. The van der Waals surface area contributed by atoms with Crippen molar-refractivity contribution >= 4 is 33.0 Å². The van der Waals surface area contributed by atoms with Gasteiger partial charge in [0.2, 0.25) is 0 Å². The van der Waals surface area contributed by atoms with Crippen molar-refractivity contribution < 1.29 is 18.0 Å². The maximum absolute atomic E-state index is 12.5. The third-order valence-corrected chi connectivity index (χ3v) is 7.74. The van der Waals surface area contributed by atoms with Crippen LogP contribution in [0.1, 0.15) is 57.7 Å². The Balaban J connectivity index is 1.69. The number of carbonyl (C=O) groups is 2. The van der Waals surface area contributed by atoms with Crippen molar-refractivity contribution in [1.29, 1.82) is 0 Å². The highest BCUT2D eigenvalue weighted by Gasteiger charge is 2.30. The molecule has 0 saturated carbocycles. The summed E-state index contributed by atoms with van der Waals surface area (Å²) in [7, 11) is -3.56. The van der Waals surface area contributed by atoms with Crippen molar-refractivity contribution in [3.05, 3.63) is 51.2 Å². The highest BCUT2D eigenvalue weighted by molar-refractivity contribution is 7.90. The van der Waals surface area contributed by atoms with Crippen molar-refractivity contribution in [3.8, 4) is 0 Å². The molecule has 8 heteroatoms. The molecular weight excluding hydrogens is 408 g/mol. The van der Waals surface area contributed by atoms with Crippen molar-refractivity contribution in [1.82, 2.24) is 10.9 Å². The number of hydrogen-bond acceptors (Lipinski definition) is 5. The van der Waals surface area contributed by atoms with E-state index in [4.69, 9.17) is 0 Å². The molecular formula is C21H26N2O4S2. The molecule has 2 N–H and O–H groups in total. The van der Waals surface area contributed by atoms with E-state index in [1.54, 1.807) is 12.1 Å². The van der Waals surface area contributed by atoms with Gasteiger partial charge in [0.1, 0.15) is 0 Å². The molecule has 1 heterocycles. The van der Waals surface area contributed by atoms with Gasteiger partial charge in [-0.3, -0.25) is 20.4 Å². The van der Waals surface area contributed by atoms with Crippen LogP contribution >= 0.6 is 11.3 Å². The quantitative estimate of drug-likeness (QED) is 0.725. The Kier molecular flexibility index (Phi) is 5.87. The van der Waals surface area contributed by atoms with Crippen LogP contribution in [0.25, 0.3) is 0 Å². The molecule has 2 aromatic rings. The van der Waals surface area contributed by atoms with Crippen LogP contribution in [0, 0.1) is 11.3 Å². The molecule has 1 aromatic carbocycles. The largest absolute Gasteiger partial charge is 0.279 e. The third kappa shape index (κ3) is 4.87. The fraction of sp³-hybridized carbons (Fsp3) is 0.429. The van der Waals surface area contributed by atoms with Gasteiger partial charge in [-0.2, -0.15) is 0 Å². The molecule has 0 bridgehead atoms. The fourth-order valence-corrected chi connectivity index (χ4v) is 5.58. The second-order valence-electron chi connectivity index (χ2n) is 8.54. The van der Waals surface area contributed by atoms with E-state index >= 15 is 0 Å². The first kappa shape index (κ1) is 21.5. The molecule has 0 saturated heterocycles. The summed E-state index contributed by atoms with van der Waals surface area (Å²) in [6.45, 7) is 6.73. The predicted octanol–water partition coefficient (Wildman–Crippen LogP) is 3.38. The van der Waals surface area contributed by atoms with E-state index < -0.39 is 21.7 Å². The molecule has 1 atom stereocenters. The molecule has 3 rings (SSSR count). The van der Waals surface area contributed by atoms with Crippen molar-refractivity contribution in [2.24, 2.45) is 11.3 Å². The summed E-state index contributed by atoms with van der Waals surface area (Å²) >= 11 is 1.45. The molecule has 1 aromatic heterocycles. The smallest absolute Gasteiger partial charge is 0.267 e. The van der Waals surface area contributed by atoms with Gasteiger partial charge in [-0.05, 0) is 54.4 Å². The lowest BCUT2D eigenvalue weighted by Crippen LogP contribution is -2.41. The number of carbonyl (C=O) groups excluding carboxylic acids is 2. The van der Waals surface area contributed by atoms with E-state index in [1.165, 1.54) is 33.9 Å². The molecule has 0 aliphatic heterocycles. The van der Waals surface area contributed by atoms with E-state index in [9.17, 15) is 18.0 Å². The Morgan fingerprint density at radius 3 is 2.41 bits per heavy atom. The number of aryl methyl sites for hydroxylation is 1. The van der Waals surface area contributed by atoms with Gasteiger partial charge in [-0.15, -0.1) is 11.3 Å². The molecule has 156 valence electrons. The minimum atomic E-state index is -3.56. The van der Waals surface area contributed by atoms with E-state index in [2.05, 4.69) is 31.6 Å². The molecule has 1 aliphatic carbocycles. The zero-order valence-corrected chi connectivity index (χ0v) is 18.7. The number of amides is 2. The van der Waals surface area contributed by atoms with Crippen molar-refractivity contribution in [2.45, 2.75) is 44.9 Å². The van der Waals surface area contributed by atoms with Gasteiger partial charge in [-0.1, -0.05) is 32.9 Å². The number of thiophene rings is 1. The van der Waals surface area contributed by atoms with Gasteiger partial charge in [0.15, 0.2) is 9.84 Å². The van der Waals surface area contributed by atoms with Gasteiger partial charge in [-0.25, -0.2) is 8.42 Å². The number of benzene rings is 1. The Morgan fingerprint density at radius 2 is 1.76 bits per heavy atom. The highest BCUT2D eigenvalue weighted by atomic mass is 32.2. The van der Waals surface area contributed by atoms with Crippen LogP contribution in [0.4, 0.5) is 0 Å². The van der Waals surface area contributed by atoms with Crippen molar-refractivity contribution in [2.75, 3.05) is 6.26 Å². The van der Waals surface area contributed by atoms with Crippen LogP contribution < -0.4 is 10.9 Å². The van der Waals surface area contributed by atoms with E-state index in [1.807, 2.05) is 6.07 Å². The predicted molar refractivity (Wildman–Crippen MR) is 114 cm³/mol. The van der Waals surface area contributed by atoms with E-state index in [0.717, 1.165) is 25.5 Å². The Morgan fingerprint density at radius 1 is 1.10 bits per heavy atom. The Labute approximate surface area is 175 Å². The number of hydrazine groups is 1. The topological polar surface area (TPSA) is 92.3 Å². The zero-order chi connectivity index (χ0) is 21.4. The van der Waals surface area contributed by atoms with Crippen LogP contribution in [0.2, 0.25) is 0 Å². The first-order valence-electron chi connectivity index (χ1n) is 9.48. The summed E-state index contributed by atoms with van der Waals surface area (Å²) in [5, 5.41) is 0. The molecule has 1 aliphatic rings. The van der Waals surface area contributed by atoms with Crippen LogP contribution in [0.3, 0.4) is 0 Å². The zero-order valence-electron chi connectivity index (χ0n) is 17.0. The first-order chi connectivity index (χ1) is 13.5. The van der Waals surface area contributed by atoms with Gasteiger partial charge in [0, 0.05) is 11.1 Å². The van der Waals surface area contributed by atoms with E-state index in [-0.39, 0.29) is 15.9 Å². The van der Waals surface area contributed by atoms with E-state index in [0.29, 0.717) is 10.8 Å². The maximum atomic E-state index is 12.5. The molecule has 29 heavy (non-hydrogen) atoms. The number of fused-ring (bicyclic) bond motifs is 1. The minimum Gasteiger partial charge on any atom is -0.267 e. The van der Waals surface area contributed by atoms with Crippen LogP contribution in [0.5, 0.6) is 0 Å². The summed E-state index contributed by atoms with van der Waals surface area (Å²) in [6, 6.07) is 7.81. The number of nitrogens with one attached hydrogen (secondary N) is 2. The highest BCUT2D eigenvalue weighted by Crippen LogP contribution is 2.40. The third-order valence-electron chi connectivity index (χ3n) is 5.35. The Hall–Kier alpha value is -2.19. The van der Waals surface area contributed by atoms with Gasteiger partial charge >= 0.3 is 0 Å². The maximum Gasteiger partial charge on any atom is 0.279 e. The van der Waals surface area contributed by atoms with Gasteiger partial charge in [0.05, 0.1) is 15.3 Å². The second-order valence-corrected chi connectivity index (χ2v) is 11.7. The summed E-state index contributed by atoms with van der Waals surface area (Å²) in [5.74, 6) is -0.497. The number of sulfone groups is 1. The summed E-state index contributed by atoms with van der Waals surface area (Å²) in [4.78, 5) is 26.6. The SMILES string of the molecule is CC(C)(C)C1CCc2sc(C(=O)NNC(=O)c3ccccc3S(C)(=O)=O)cc2C1. The van der Waals surface area contributed by atoms with Crippen LogP contribution in [-0.4, -0.2) is 26.5 Å². The minimum absolute atomic E-state index is 0.00575. The summed E-state index contributed by atoms with van der Waals surface area (Å²) < 4.78 is 23.7. The monoisotopic (exact) mass is 434 g/mol. The normalized spacial score (nSPS) is 16.8. The molecule has 0 spiro atoms. The van der Waals surface area contributed by atoms with Crippen LogP contribution in [0.15, 0.2) is 35.2 Å². The average Bonchev–Trinajstić information content (AvgIpc) is 3.08. The number of hydrogen-bond donors (Lipinski definition) is 2. The Bertz CT molecular complexity index is 1050. The van der Waals surface area contributed by atoms with Gasteiger partial charge in [0.25, 0.3) is 11.8 Å². The lowest BCUT2D eigenvalue weighted by Gasteiger charge is -2.33. The molecule has 6 nitrogen and oxygen atoms in total.